The number of rotatable bonds is 5. The smallest absolute Gasteiger partial charge is 0.361 e. The summed E-state index contributed by atoms with van der Waals surface area (Å²) < 4.78 is 31.0. The van der Waals surface area contributed by atoms with Crippen molar-refractivity contribution >= 4 is 17.6 Å². The molecule has 0 spiro atoms. The summed E-state index contributed by atoms with van der Waals surface area (Å²) in [6.45, 7) is 4.85. The van der Waals surface area contributed by atoms with Gasteiger partial charge in [-0.15, -0.1) is 5.10 Å². The Balaban J connectivity index is 1.65. The maximum absolute atomic E-state index is 13.2. The lowest BCUT2D eigenvalue weighted by Gasteiger charge is -2.06. The van der Waals surface area contributed by atoms with Gasteiger partial charge in [-0.05, 0) is 44.5 Å². The van der Waals surface area contributed by atoms with E-state index in [1.807, 2.05) is 32.0 Å². The van der Waals surface area contributed by atoms with E-state index in [9.17, 15) is 18.4 Å². The van der Waals surface area contributed by atoms with Crippen LogP contribution in [0.4, 0.5) is 14.5 Å². The Morgan fingerprint density at radius 1 is 1.03 bits per heavy atom. The number of nitrogens with zero attached hydrogens (tertiary/aromatic N) is 3. The van der Waals surface area contributed by atoms with Gasteiger partial charge in [0.25, 0.3) is 5.91 Å². The predicted molar refractivity (Wildman–Crippen MR) is 101 cm³/mol. The zero-order valence-corrected chi connectivity index (χ0v) is 16.0. The summed E-state index contributed by atoms with van der Waals surface area (Å²) in [5, 5.41) is 10.7. The van der Waals surface area contributed by atoms with Crippen molar-refractivity contribution in [2.45, 2.75) is 20.8 Å². The molecule has 0 atom stereocenters. The molecule has 29 heavy (non-hydrogen) atoms. The third kappa shape index (κ3) is 4.63. The second-order valence-corrected chi connectivity index (χ2v) is 6.47. The first-order chi connectivity index (χ1) is 13.7. The highest BCUT2D eigenvalue weighted by atomic mass is 19.2. The Bertz CT molecular complexity index is 1100. The first kappa shape index (κ1) is 20.1. The Kier molecular flexibility index (Phi) is 5.67. The van der Waals surface area contributed by atoms with Crippen LogP contribution in [0, 0.1) is 32.4 Å². The third-order valence-electron chi connectivity index (χ3n) is 4.08. The number of esters is 1. The highest BCUT2D eigenvalue weighted by molar-refractivity contribution is 5.95. The summed E-state index contributed by atoms with van der Waals surface area (Å²) in [4.78, 5) is 25.5. The van der Waals surface area contributed by atoms with Crippen LogP contribution in [-0.2, 0) is 9.53 Å². The summed E-state index contributed by atoms with van der Waals surface area (Å²) in [6.07, 6.45) is 0. The molecule has 0 bridgehead atoms. The topological polar surface area (TPSA) is 86.1 Å². The number of nitrogens with one attached hydrogen (secondary N) is 1. The zero-order chi connectivity index (χ0) is 21.1. The van der Waals surface area contributed by atoms with Gasteiger partial charge in [-0.3, -0.25) is 4.79 Å². The molecule has 3 aromatic rings. The van der Waals surface area contributed by atoms with Crippen molar-refractivity contribution in [3.8, 4) is 5.69 Å². The van der Waals surface area contributed by atoms with Crippen LogP contribution in [0.25, 0.3) is 5.69 Å². The number of aryl methyl sites for hydroxylation is 3. The number of benzene rings is 2. The summed E-state index contributed by atoms with van der Waals surface area (Å²) in [6, 6.07) is 8.61. The average Bonchev–Trinajstić information content (AvgIpc) is 3.04. The van der Waals surface area contributed by atoms with E-state index in [2.05, 4.69) is 15.5 Å². The van der Waals surface area contributed by atoms with E-state index >= 15 is 0 Å². The second kappa shape index (κ2) is 8.17. The molecule has 1 amide bonds. The monoisotopic (exact) mass is 400 g/mol. The van der Waals surface area contributed by atoms with Crippen LogP contribution >= 0.6 is 0 Å². The number of amides is 1. The molecule has 0 saturated heterocycles. The van der Waals surface area contributed by atoms with Gasteiger partial charge in [-0.25, -0.2) is 13.6 Å². The molecule has 0 unspecified atom stereocenters. The van der Waals surface area contributed by atoms with Gasteiger partial charge >= 0.3 is 5.97 Å². The standard InChI is InChI=1S/C20H18F2N4O3/c1-11-4-7-17(12(2)8-11)26-24-13(3)19(25-26)20(28)29-10-18(27)23-14-5-6-15(21)16(22)9-14/h4-9H,10H2,1-3H3,(H,23,27). The molecule has 1 N–H and O–H groups in total. The van der Waals surface area contributed by atoms with E-state index in [0.29, 0.717) is 11.4 Å². The minimum Gasteiger partial charge on any atom is -0.451 e. The normalized spacial score (nSPS) is 10.7. The molecule has 7 nitrogen and oxygen atoms in total. The summed E-state index contributed by atoms with van der Waals surface area (Å²) in [5.41, 5.74) is 3.10. The van der Waals surface area contributed by atoms with E-state index in [4.69, 9.17) is 4.74 Å². The van der Waals surface area contributed by atoms with Crippen molar-refractivity contribution in [2.24, 2.45) is 0 Å². The Labute approximate surface area is 165 Å². The molecule has 0 radical (unpaired) electrons. The number of carbonyl (C=O) groups excluding carboxylic acids is 2. The van der Waals surface area contributed by atoms with E-state index in [0.717, 1.165) is 23.3 Å². The molecular weight excluding hydrogens is 382 g/mol. The van der Waals surface area contributed by atoms with E-state index in [1.54, 1.807) is 6.92 Å². The fourth-order valence-corrected chi connectivity index (χ4v) is 2.68. The third-order valence-corrected chi connectivity index (χ3v) is 4.08. The van der Waals surface area contributed by atoms with Crippen molar-refractivity contribution in [1.29, 1.82) is 0 Å². The second-order valence-electron chi connectivity index (χ2n) is 6.47. The van der Waals surface area contributed by atoms with Crippen molar-refractivity contribution in [3.05, 3.63) is 70.5 Å². The Morgan fingerprint density at radius 3 is 2.48 bits per heavy atom. The SMILES string of the molecule is Cc1ccc(-n2nc(C)c(C(=O)OCC(=O)Nc3ccc(F)c(F)c3)n2)c(C)c1. The lowest BCUT2D eigenvalue weighted by Crippen LogP contribution is -2.21. The zero-order valence-electron chi connectivity index (χ0n) is 16.0. The van der Waals surface area contributed by atoms with E-state index in [1.165, 1.54) is 10.9 Å². The summed E-state index contributed by atoms with van der Waals surface area (Å²) in [7, 11) is 0. The Morgan fingerprint density at radius 2 is 1.79 bits per heavy atom. The maximum atomic E-state index is 13.2. The van der Waals surface area contributed by atoms with Crippen molar-refractivity contribution in [3.63, 3.8) is 0 Å². The lowest BCUT2D eigenvalue weighted by molar-refractivity contribution is -0.119. The van der Waals surface area contributed by atoms with Gasteiger partial charge in [0.15, 0.2) is 23.9 Å². The van der Waals surface area contributed by atoms with Crippen molar-refractivity contribution < 1.29 is 23.1 Å². The Hall–Kier alpha value is -3.62. The first-order valence-corrected chi connectivity index (χ1v) is 8.68. The average molecular weight is 400 g/mol. The molecule has 0 saturated carbocycles. The highest BCUT2D eigenvalue weighted by Gasteiger charge is 2.20. The summed E-state index contributed by atoms with van der Waals surface area (Å²) in [5.74, 6) is -3.65. The minimum atomic E-state index is -1.10. The van der Waals surface area contributed by atoms with Crippen molar-refractivity contribution in [2.75, 3.05) is 11.9 Å². The van der Waals surface area contributed by atoms with Crippen LogP contribution < -0.4 is 5.32 Å². The summed E-state index contributed by atoms with van der Waals surface area (Å²) >= 11 is 0. The number of hydrogen-bond donors (Lipinski definition) is 1. The fraction of sp³-hybridized carbons (Fsp3) is 0.200. The van der Waals surface area contributed by atoms with Gasteiger partial charge < -0.3 is 10.1 Å². The predicted octanol–water partition coefficient (Wildman–Crippen LogP) is 3.27. The number of aromatic nitrogens is 3. The molecule has 3 rings (SSSR count). The molecular formula is C20H18F2N4O3. The first-order valence-electron chi connectivity index (χ1n) is 8.68. The van der Waals surface area contributed by atoms with Gasteiger partial charge in [0.2, 0.25) is 0 Å². The lowest BCUT2D eigenvalue weighted by atomic mass is 10.1. The number of carbonyl (C=O) groups is 2. The van der Waals surface area contributed by atoms with Crippen LogP contribution in [0.15, 0.2) is 36.4 Å². The molecule has 0 aliphatic rings. The van der Waals surface area contributed by atoms with Crippen LogP contribution in [0.3, 0.4) is 0 Å². The molecule has 2 aromatic carbocycles. The number of hydrogen-bond acceptors (Lipinski definition) is 5. The molecule has 0 fully saturated rings. The molecule has 1 aromatic heterocycles. The largest absolute Gasteiger partial charge is 0.451 e. The van der Waals surface area contributed by atoms with Crippen LogP contribution in [-0.4, -0.2) is 33.5 Å². The molecule has 9 heteroatoms. The molecule has 0 aliphatic heterocycles. The van der Waals surface area contributed by atoms with Crippen LogP contribution in [0.2, 0.25) is 0 Å². The van der Waals surface area contributed by atoms with Gasteiger partial charge in [0.05, 0.1) is 11.4 Å². The van der Waals surface area contributed by atoms with Gasteiger partial charge in [0.1, 0.15) is 0 Å². The maximum Gasteiger partial charge on any atom is 0.361 e. The minimum absolute atomic E-state index is 0.0226. The van der Waals surface area contributed by atoms with Gasteiger partial charge in [0, 0.05) is 11.8 Å². The molecule has 150 valence electrons. The van der Waals surface area contributed by atoms with Crippen molar-refractivity contribution in [1.82, 2.24) is 15.0 Å². The molecule has 0 aliphatic carbocycles. The van der Waals surface area contributed by atoms with Crippen LogP contribution in [0.5, 0.6) is 0 Å². The fourth-order valence-electron chi connectivity index (χ4n) is 2.68. The number of ether oxygens (including phenoxy) is 1. The number of anilines is 1. The molecule has 1 heterocycles. The van der Waals surface area contributed by atoms with E-state index < -0.39 is 30.1 Å². The quantitative estimate of drug-likeness (QED) is 0.665. The van der Waals surface area contributed by atoms with Gasteiger partial charge in [-0.2, -0.15) is 9.90 Å². The van der Waals surface area contributed by atoms with E-state index in [-0.39, 0.29) is 11.4 Å². The highest BCUT2D eigenvalue weighted by Crippen LogP contribution is 2.16. The number of halogens is 2. The van der Waals surface area contributed by atoms with Crippen LogP contribution in [0.1, 0.15) is 27.3 Å². The van der Waals surface area contributed by atoms with Gasteiger partial charge in [-0.1, -0.05) is 17.7 Å².